The molecule has 160 valence electrons. The number of amides is 1. The van der Waals surface area contributed by atoms with E-state index in [-0.39, 0.29) is 12.7 Å². The van der Waals surface area contributed by atoms with Crippen molar-refractivity contribution in [2.24, 2.45) is 0 Å². The molecule has 4 nitrogen and oxygen atoms in total. The van der Waals surface area contributed by atoms with Crippen molar-refractivity contribution >= 4 is 6.09 Å². The van der Waals surface area contributed by atoms with Crippen LogP contribution in [0.3, 0.4) is 0 Å². The minimum absolute atomic E-state index is 0.263. The molecule has 1 aliphatic rings. The molecule has 1 amide bonds. The Balaban J connectivity index is 1.45. The molecule has 1 aliphatic carbocycles. The summed E-state index contributed by atoms with van der Waals surface area (Å²) >= 11 is 0. The summed E-state index contributed by atoms with van der Waals surface area (Å²) in [5, 5.41) is 11.7. The molecule has 2 atom stereocenters. The summed E-state index contributed by atoms with van der Waals surface area (Å²) in [6, 6.07) is 19.5. The van der Waals surface area contributed by atoms with Gasteiger partial charge in [0.15, 0.2) is 0 Å². The van der Waals surface area contributed by atoms with Gasteiger partial charge in [-0.1, -0.05) is 60.7 Å². The van der Waals surface area contributed by atoms with Gasteiger partial charge in [0.25, 0.3) is 0 Å². The predicted octanol–water partition coefficient (Wildman–Crippen LogP) is 5.82. The molecular formula is C24H20F3NO3. The second-order valence-corrected chi connectivity index (χ2v) is 7.46. The van der Waals surface area contributed by atoms with Crippen LogP contribution in [0.2, 0.25) is 0 Å². The van der Waals surface area contributed by atoms with Crippen molar-refractivity contribution in [2.75, 3.05) is 0 Å². The van der Waals surface area contributed by atoms with Crippen molar-refractivity contribution in [2.45, 2.75) is 31.3 Å². The van der Waals surface area contributed by atoms with Crippen molar-refractivity contribution in [3.63, 3.8) is 0 Å². The molecule has 3 aromatic rings. The monoisotopic (exact) mass is 427 g/mol. The Morgan fingerprint density at radius 1 is 1.00 bits per heavy atom. The van der Waals surface area contributed by atoms with Crippen LogP contribution in [-0.2, 0) is 23.9 Å². The zero-order valence-electron chi connectivity index (χ0n) is 16.4. The van der Waals surface area contributed by atoms with E-state index in [1.54, 1.807) is 30.3 Å². The topological polar surface area (TPSA) is 58.6 Å². The van der Waals surface area contributed by atoms with Gasteiger partial charge in [-0.25, -0.2) is 4.79 Å². The van der Waals surface area contributed by atoms with E-state index in [2.05, 4.69) is 5.32 Å². The first kappa shape index (κ1) is 20.9. The Morgan fingerprint density at radius 2 is 1.74 bits per heavy atom. The van der Waals surface area contributed by atoms with Gasteiger partial charge in [-0.2, -0.15) is 13.2 Å². The number of nitrogens with one attached hydrogen (secondary N) is 1. The van der Waals surface area contributed by atoms with Gasteiger partial charge in [0.05, 0.1) is 24.3 Å². The summed E-state index contributed by atoms with van der Waals surface area (Å²) < 4.78 is 44.9. The molecule has 0 unspecified atom stereocenters. The molecule has 0 aromatic heterocycles. The average molecular weight is 427 g/mol. The van der Waals surface area contributed by atoms with Gasteiger partial charge in [0.2, 0.25) is 0 Å². The van der Waals surface area contributed by atoms with Crippen LogP contribution in [0, 0.1) is 0 Å². The minimum Gasteiger partial charge on any atom is -0.465 e. The highest BCUT2D eigenvalue weighted by molar-refractivity contribution is 5.66. The highest BCUT2D eigenvalue weighted by atomic mass is 19.4. The number of alkyl halides is 3. The fraction of sp³-hybridized carbons (Fsp3) is 0.208. The SMILES string of the molecule is O=C(O)N[C@@H]1c2ccccc2C[C@@H]1OCc1ccc(-c2cccc(C(F)(F)F)c2)cc1. The van der Waals surface area contributed by atoms with Gasteiger partial charge in [0.1, 0.15) is 0 Å². The number of rotatable bonds is 5. The molecule has 0 radical (unpaired) electrons. The standard InChI is InChI=1S/C24H20F3NO3/c25-24(26,27)19-6-3-5-17(12-19)16-10-8-15(9-11-16)14-31-21-13-18-4-1-2-7-20(18)22(21)28-23(29)30/h1-12,21-22,28H,13-14H2,(H,29,30)/t21-,22+/m0/s1. The van der Waals surface area contributed by atoms with Crippen LogP contribution in [0.4, 0.5) is 18.0 Å². The van der Waals surface area contributed by atoms with Gasteiger partial charge in [-0.05, 0) is 39.9 Å². The van der Waals surface area contributed by atoms with Crippen LogP contribution in [-0.4, -0.2) is 17.3 Å². The van der Waals surface area contributed by atoms with Gasteiger partial charge in [-0.15, -0.1) is 0 Å². The van der Waals surface area contributed by atoms with Crippen molar-refractivity contribution < 1.29 is 27.8 Å². The normalized spacial score (nSPS) is 17.9. The van der Waals surface area contributed by atoms with Crippen LogP contribution in [0.15, 0.2) is 72.8 Å². The van der Waals surface area contributed by atoms with Crippen LogP contribution in [0.25, 0.3) is 11.1 Å². The quantitative estimate of drug-likeness (QED) is 0.539. The van der Waals surface area contributed by atoms with Gasteiger partial charge in [-0.3, -0.25) is 0 Å². The van der Waals surface area contributed by atoms with E-state index in [4.69, 9.17) is 4.74 Å². The van der Waals surface area contributed by atoms with E-state index in [0.717, 1.165) is 28.8 Å². The average Bonchev–Trinajstić information content (AvgIpc) is 3.09. The lowest BCUT2D eigenvalue weighted by Crippen LogP contribution is -2.34. The molecule has 4 rings (SSSR count). The van der Waals surface area contributed by atoms with Crippen LogP contribution in [0.1, 0.15) is 28.3 Å². The molecule has 7 heteroatoms. The molecule has 0 spiro atoms. The van der Waals surface area contributed by atoms with Crippen LogP contribution in [0.5, 0.6) is 0 Å². The number of benzene rings is 3. The summed E-state index contributed by atoms with van der Waals surface area (Å²) in [4.78, 5) is 11.2. The van der Waals surface area contributed by atoms with Gasteiger partial charge >= 0.3 is 12.3 Å². The number of ether oxygens (including phenoxy) is 1. The zero-order valence-corrected chi connectivity index (χ0v) is 16.4. The highest BCUT2D eigenvalue weighted by Crippen LogP contribution is 2.34. The summed E-state index contributed by atoms with van der Waals surface area (Å²) in [7, 11) is 0. The number of carbonyl (C=O) groups is 1. The maximum Gasteiger partial charge on any atom is 0.416 e. The molecule has 3 aromatic carbocycles. The minimum atomic E-state index is -4.39. The third-order valence-electron chi connectivity index (χ3n) is 5.40. The lowest BCUT2D eigenvalue weighted by molar-refractivity contribution is -0.137. The van der Waals surface area contributed by atoms with E-state index in [1.165, 1.54) is 6.07 Å². The first-order valence-electron chi connectivity index (χ1n) is 9.77. The summed E-state index contributed by atoms with van der Waals surface area (Å²) in [6.45, 7) is 0.263. The highest BCUT2D eigenvalue weighted by Gasteiger charge is 2.34. The second kappa shape index (κ2) is 8.43. The molecule has 0 heterocycles. The van der Waals surface area contributed by atoms with E-state index in [1.807, 2.05) is 24.3 Å². The van der Waals surface area contributed by atoms with Crippen LogP contribution >= 0.6 is 0 Å². The van der Waals surface area contributed by atoms with Crippen molar-refractivity contribution in [3.8, 4) is 11.1 Å². The number of halogens is 3. The lowest BCUT2D eigenvalue weighted by Gasteiger charge is -2.21. The molecule has 0 saturated carbocycles. The zero-order chi connectivity index (χ0) is 22.0. The maximum absolute atomic E-state index is 12.9. The summed E-state index contributed by atoms with van der Waals surface area (Å²) in [5.74, 6) is 0. The summed E-state index contributed by atoms with van der Waals surface area (Å²) in [6.07, 6.45) is -5.23. The fourth-order valence-electron chi connectivity index (χ4n) is 3.89. The van der Waals surface area contributed by atoms with E-state index < -0.39 is 23.9 Å². The predicted molar refractivity (Wildman–Crippen MR) is 110 cm³/mol. The Hall–Kier alpha value is -3.32. The number of hydrogen-bond acceptors (Lipinski definition) is 2. The Kier molecular flexibility index (Phi) is 5.69. The molecule has 31 heavy (non-hydrogen) atoms. The number of fused-ring (bicyclic) bond motifs is 1. The molecule has 0 bridgehead atoms. The molecule has 2 N–H and O–H groups in total. The molecular weight excluding hydrogens is 407 g/mol. The number of hydrogen-bond donors (Lipinski definition) is 2. The Morgan fingerprint density at radius 3 is 2.45 bits per heavy atom. The van der Waals surface area contributed by atoms with E-state index >= 15 is 0 Å². The number of carboxylic acid groups (broad SMARTS) is 1. The molecule has 0 fully saturated rings. The Bertz CT molecular complexity index is 1080. The molecule has 0 saturated heterocycles. The first-order valence-corrected chi connectivity index (χ1v) is 9.77. The van der Waals surface area contributed by atoms with Gasteiger partial charge in [0, 0.05) is 6.42 Å². The smallest absolute Gasteiger partial charge is 0.416 e. The van der Waals surface area contributed by atoms with E-state index in [0.29, 0.717) is 17.5 Å². The second-order valence-electron chi connectivity index (χ2n) is 7.46. The maximum atomic E-state index is 12.9. The third kappa shape index (κ3) is 4.72. The summed E-state index contributed by atoms with van der Waals surface area (Å²) in [5.41, 5.74) is 3.28. The third-order valence-corrected chi connectivity index (χ3v) is 5.40. The lowest BCUT2D eigenvalue weighted by atomic mass is 10.0. The largest absolute Gasteiger partial charge is 0.465 e. The van der Waals surface area contributed by atoms with Gasteiger partial charge < -0.3 is 15.2 Å². The van der Waals surface area contributed by atoms with Crippen LogP contribution < -0.4 is 5.32 Å². The van der Waals surface area contributed by atoms with Crippen molar-refractivity contribution in [1.29, 1.82) is 0 Å². The fourth-order valence-corrected chi connectivity index (χ4v) is 3.89. The molecule has 0 aliphatic heterocycles. The Labute approximate surface area is 177 Å². The van der Waals surface area contributed by atoms with Crippen molar-refractivity contribution in [1.82, 2.24) is 5.32 Å². The van der Waals surface area contributed by atoms with Crippen molar-refractivity contribution in [3.05, 3.63) is 95.1 Å². The van der Waals surface area contributed by atoms with E-state index in [9.17, 15) is 23.1 Å². The first-order chi connectivity index (χ1) is 14.8.